The zero-order valence-corrected chi connectivity index (χ0v) is 35.3. The SMILES string of the molecule is CC(C)CO[C@@]1(CN2CCN(C3COC3)CC2)/C=C\C[C@H](C)[C@@H](C)S(=O)(=O)NC(=O)c2ccc3c(c2)N(C[C@@H]2CC[C@H]21)C[C@@]1(CCCc2cc(Cl)ccc21)CO3. The van der Waals surface area contributed by atoms with E-state index in [1.54, 1.807) is 13.0 Å². The molecular weight excluding hydrogens is 748 g/mol. The molecule has 0 radical (unpaired) electrons. The molecule has 10 nitrogen and oxygen atoms in total. The van der Waals surface area contributed by atoms with E-state index in [0.29, 0.717) is 43.1 Å². The van der Waals surface area contributed by atoms with Crippen molar-refractivity contribution < 1.29 is 27.4 Å². The van der Waals surface area contributed by atoms with E-state index in [2.05, 4.69) is 57.6 Å². The van der Waals surface area contributed by atoms with Crippen molar-refractivity contribution in [1.29, 1.82) is 0 Å². The Morgan fingerprint density at radius 2 is 1.86 bits per heavy atom. The fourth-order valence-electron chi connectivity index (χ4n) is 10.1. The zero-order chi connectivity index (χ0) is 39.2. The number of halogens is 1. The number of hydrogen-bond acceptors (Lipinski definition) is 9. The largest absolute Gasteiger partial charge is 0.490 e. The Kier molecular flexibility index (Phi) is 11.6. The molecule has 8 rings (SSSR count). The Bertz CT molecular complexity index is 1900. The summed E-state index contributed by atoms with van der Waals surface area (Å²) in [6.45, 7) is 17.2. The molecule has 1 saturated carbocycles. The van der Waals surface area contributed by atoms with E-state index in [1.807, 2.05) is 25.1 Å². The van der Waals surface area contributed by atoms with Crippen LogP contribution in [0, 0.1) is 23.7 Å². The van der Waals surface area contributed by atoms with Crippen molar-refractivity contribution in [1.82, 2.24) is 14.5 Å². The molecule has 1 N–H and O–H groups in total. The molecular formula is C44H61ClN4O6S. The fraction of sp³-hybridized carbons (Fsp3) is 0.659. The average Bonchev–Trinajstić information content (AvgIpc) is 3.28. The number of fused-ring (bicyclic) bond motifs is 4. The average molecular weight is 810 g/mol. The van der Waals surface area contributed by atoms with E-state index in [-0.39, 0.29) is 17.3 Å². The van der Waals surface area contributed by atoms with Gasteiger partial charge in [-0.1, -0.05) is 50.6 Å². The minimum Gasteiger partial charge on any atom is -0.490 e. The molecule has 306 valence electrons. The Balaban J connectivity index is 1.19. The van der Waals surface area contributed by atoms with E-state index in [9.17, 15) is 13.2 Å². The van der Waals surface area contributed by atoms with Gasteiger partial charge < -0.3 is 19.1 Å². The molecule has 0 aromatic heterocycles. The maximum atomic E-state index is 13.7. The first-order valence-corrected chi connectivity index (χ1v) is 23.0. The number of benzene rings is 2. The van der Waals surface area contributed by atoms with E-state index in [1.165, 1.54) is 11.1 Å². The minimum atomic E-state index is -3.97. The quantitative estimate of drug-likeness (QED) is 0.337. The lowest BCUT2D eigenvalue weighted by molar-refractivity contribution is -0.127. The number of allylic oxidation sites excluding steroid dienone is 1. The number of rotatable bonds is 6. The van der Waals surface area contributed by atoms with Gasteiger partial charge in [0.05, 0.1) is 43.4 Å². The van der Waals surface area contributed by atoms with Crippen molar-refractivity contribution >= 4 is 33.2 Å². The van der Waals surface area contributed by atoms with E-state index < -0.39 is 26.8 Å². The number of ether oxygens (including phenoxy) is 3. The first-order valence-electron chi connectivity index (χ1n) is 21.1. The molecule has 2 bridgehead atoms. The van der Waals surface area contributed by atoms with Crippen LogP contribution in [0.1, 0.15) is 81.3 Å². The number of carbonyl (C=O) groups excluding carboxylic acids is 1. The van der Waals surface area contributed by atoms with Crippen LogP contribution in [0.25, 0.3) is 0 Å². The lowest BCUT2D eigenvalue weighted by atomic mass is 9.63. The van der Waals surface area contributed by atoms with Crippen molar-refractivity contribution in [3.05, 3.63) is 70.3 Å². The normalized spacial score (nSPS) is 33.3. The van der Waals surface area contributed by atoms with Gasteiger partial charge in [-0.3, -0.25) is 14.6 Å². The fourth-order valence-corrected chi connectivity index (χ4v) is 11.6. The molecule has 4 aliphatic heterocycles. The second kappa shape index (κ2) is 16.2. The molecule has 12 heteroatoms. The monoisotopic (exact) mass is 808 g/mol. The summed E-state index contributed by atoms with van der Waals surface area (Å²) in [4.78, 5) is 21.4. The molecule has 2 saturated heterocycles. The van der Waals surface area contributed by atoms with Gasteiger partial charge in [0, 0.05) is 61.8 Å². The van der Waals surface area contributed by atoms with Gasteiger partial charge in [0.2, 0.25) is 10.0 Å². The van der Waals surface area contributed by atoms with Gasteiger partial charge in [0.25, 0.3) is 5.91 Å². The number of hydrogen-bond donors (Lipinski definition) is 1. The molecule has 1 spiro atoms. The number of aryl methyl sites for hydroxylation is 1. The molecule has 1 amide bonds. The number of nitrogens with one attached hydrogen (secondary N) is 1. The van der Waals surface area contributed by atoms with Crippen LogP contribution in [0.4, 0.5) is 5.69 Å². The van der Waals surface area contributed by atoms with Gasteiger partial charge in [-0.25, -0.2) is 13.1 Å². The second-order valence-electron chi connectivity index (χ2n) is 18.2. The van der Waals surface area contributed by atoms with Crippen molar-refractivity contribution in [2.45, 2.75) is 88.5 Å². The Labute approximate surface area is 339 Å². The molecule has 0 unspecified atom stereocenters. The van der Waals surface area contributed by atoms with Gasteiger partial charge in [-0.15, -0.1) is 0 Å². The third kappa shape index (κ3) is 8.02. The van der Waals surface area contributed by atoms with Crippen LogP contribution in [0.15, 0.2) is 48.6 Å². The van der Waals surface area contributed by atoms with Crippen LogP contribution >= 0.6 is 11.6 Å². The van der Waals surface area contributed by atoms with Crippen LogP contribution < -0.4 is 14.4 Å². The molecule has 3 fully saturated rings. The topological polar surface area (TPSA) is 101 Å². The lowest BCUT2D eigenvalue weighted by Gasteiger charge is -2.53. The predicted octanol–water partition coefficient (Wildman–Crippen LogP) is 6.31. The highest BCUT2D eigenvalue weighted by Gasteiger charge is 2.50. The predicted molar refractivity (Wildman–Crippen MR) is 221 cm³/mol. The second-order valence-corrected chi connectivity index (χ2v) is 20.7. The van der Waals surface area contributed by atoms with Crippen molar-refractivity contribution in [3.63, 3.8) is 0 Å². The summed E-state index contributed by atoms with van der Waals surface area (Å²) in [7, 11) is -3.97. The highest BCUT2D eigenvalue weighted by atomic mass is 35.5. The molecule has 6 atom stereocenters. The first-order chi connectivity index (χ1) is 26.8. The summed E-state index contributed by atoms with van der Waals surface area (Å²) < 4.78 is 49.4. The number of carbonyl (C=O) groups is 1. The smallest absolute Gasteiger partial charge is 0.264 e. The number of nitrogens with zero attached hydrogens (tertiary/aromatic N) is 3. The molecule has 2 aromatic rings. The molecule has 6 aliphatic rings. The van der Waals surface area contributed by atoms with Crippen molar-refractivity contribution in [3.8, 4) is 5.75 Å². The van der Waals surface area contributed by atoms with E-state index in [4.69, 9.17) is 25.8 Å². The van der Waals surface area contributed by atoms with Gasteiger partial charge >= 0.3 is 0 Å². The maximum absolute atomic E-state index is 13.7. The van der Waals surface area contributed by atoms with E-state index >= 15 is 0 Å². The number of anilines is 1. The highest BCUT2D eigenvalue weighted by Crippen LogP contribution is 2.49. The Morgan fingerprint density at radius 3 is 2.57 bits per heavy atom. The number of amides is 1. The standard InChI is InChI=1S/C44H61ClN4O6S/c1-30(2)24-55-44(28-47-17-19-48(20-18-47)37-25-53-26-37)16-5-7-31(3)32(4)56(51,52)46-42(50)34-10-14-41-40(22-34)49(23-35-9-12-39(35)44)27-43(29-54-41)15-6-8-33-21-36(45)11-13-38(33)43/h5,10-11,13-14,16,21-22,30-32,35,37,39H,6-9,12,15,17-20,23-29H2,1-4H3,(H,46,50)/b16-5-/t31-,32+,35-,39+,43-,44+/m0/s1. The molecule has 4 heterocycles. The zero-order valence-electron chi connectivity index (χ0n) is 33.7. The van der Waals surface area contributed by atoms with Crippen molar-refractivity contribution in [2.24, 2.45) is 23.7 Å². The van der Waals surface area contributed by atoms with Gasteiger partial charge in [-0.2, -0.15) is 0 Å². The Morgan fingerprint density at radius 1 is 1.05 bits per heavy atom. The number of sulfonamides is 1. The lowest BCUT2D eigenvalue weighted by Crippen LogP contribution is -2.61. The van der Waals surface area contributed by atoms with Gasteiger partial charge in [0.1, 0.15) is 11.4 Å². The van der Waals surface area contributed by atoms with Crippen LogP contribution in [0.2, 0.25) is 5.02 Å². The van der Waals surface area contributed by atoms with Gasteiger partial charge in [-0.05, 0) is 111 Å². The molecule has 2 aromatic carbocycles. The van der Waals surface area contributed by atoms with E-state index in [0.717, 1.165) is 108 Å². The summed E-state index contributed by atoms with van der Waals surface area (Å²) in [6.07, 6.45) is 10.2. The van der Waals surface area contributed by atoms with Crippen molar-refractivity contribution in [2.75, 3.05) is 77.1 Å². The van der Waals surface area contributed by atoms with Crippen LogP contribution in [-0.2, 0) is 31.3 Å². The highest BCUT2D eigenvalue weighted by molar-refractivity contribution is 7.90. The molecule has 56 heavy (non-hydrogen) atoms. The van der Waals surface area contributed by atoms with Crippen LogP contribution in [0.3, 0.4) is 0 Å². The summed E-state index contributed by atoms with van der Waals surface area (Å²) in [5, 5.41) is -0.0325. The number of piperazine rings is 1. The third-order valence-electron chi connectivity index (χ3n) is 13.9. The van der Waals surface area contributed by atoms with Gasteiger partial charge in [0.15, 0.2) is 0 Å². The first kappa shape index (κ1) is 40.1. The minimum absolute atomic E-state index is 0.224. The maximum Gasteiger partial charge on any atom is 0.264 e. The molecule has 2 aliphatic carbocycles. The summed E-state index contributed by atoms with van der Waals surface area (Å²) in [6, 6.07) is 12.2. The summed E-state index contributed by atoms with van der Waals surface area (Å²) >= 11 is 6.54. The van der Waals surface area contributed by atoms with Crippen LogP contribution in [-0.4, -0.2) is 113 Å². The Hall–Kier alpha value is -2.67. The summed E-state index contributed by atoms with van der Waals surface area (Å²) in [5.74, 6) is 0.830. The summed E-state index contributed by atoms with van der Waals surface area (Å²) in [5.41, 5.74) is 2.90. The third-order valence-corrected chi connectivity index (χ3v) is 16.1. The van der Waals surface area contributed by atoms with Crippen LogP contribution in [0.5, 0.6) is 5.75 Å².